The molecule has 1 aromatic carbocycles. The van der Waals surface area contributed by atoms with E-state index >= 15 is 0 Å². The Kier molecular flexibility index (Phi) is 3.69. The number of aromatic nitrogens is 2. The van der Waals surface area contributed by atoms with Crippen molar-refractivity contribution < 1.29 is 4.92 Å². The molecule has 0 saturated heterocycles. The Hall–Kier alpha value is -2.21. The molecule has 2 aromatic rings. The second-order valence-corrected chi connectivity index (χ2v) is 3.78. The number of benzene rings is 1. The van der Waals surface area contributed by atoms with Crippen molar-refractivity contribution in [3.63, 3.8) is 0 Å². The van der Waals surface area contributed by atoms with E-state index in [0.717, 1.165) is 12.2 Å². The third kappa shape index (κ3) is 2.54. The predicted octanol–water partition coefficient (Wildman–Crippen LogP) is 1.89. The van der Waals surface area contributed by atoms with Crippen LogP contribution in [0.2, 0.25) is 0 Å². The lowest BCUT2D eigenvalue weighted by molar-refractivity contribution is -0.384. The summed E-state index contributed by atoms with van der Waals surface area (Å²) >= 11 is 0. The van der Waals surface area contributed by atoms with Gasteiger partial charge < -0.3 is 5.32 Å². The van der Waals surface area contributed by atoms with Gasteiger partial charge in [0.25, 0.3) is 5.69 Å². The molecular formula is C12H14N4O2. The van der Waals surface area contributed by atoms with Crippen LogP contribution in [0, 0.1) is 10.1 Å². The van der Waals surface area contributed by atoms with E-state index in [-0.39, 0.29) is 5.69 Å². The minimum Gasteiger partial charge on any atom is -0.311 e. The molecule has 1 heterocycles. The van der Waals surface area contributed by atoms with Crippen LogP contribution in [0.5, 0.6) is 0 Å². The molecule has 6 nitrogen and oxygen atoms in total. The third-order valence-electron chi connectivity index (χ3n) is 2.53. The topological polar surface area (TPSA) is 73.0 Å². The largest absolute Gasteiger partial charge is 0.311 e. The number of nitrogens with zero attached hydrogens (tertiary/aromatic N) is 3. The average molecular weight is 246 g/mol. The number of hydrogen-bond donors (Lipinski definition) is 1. The maximum atomic E-state index is 10.9. The number of nitro groups is 1. The SMILES string of the molecule is CCNCc1ccn(-c2ccccc2[N+](=O)[O-])n1. The summed E-state index contributed by atoms with van der Waals surface area (Å²) in [6, 6.07) is 8.40. The highest BCUT2D eigenvalue weighted by molar-refractivity contribution is 5.51. The minimum atomic E-state index is -0.402. The van der Waals surface area contributed by atoms with E-state index < -0.39 is 4.92 Å². The molecule has 0 radical (unpaired) electrons. The molecule has 6 heteroatoms. The Morgan fingerprint density at radius 3 is 2.89 bits per heavy atom. The molecule has 0 unspecified atom stereocenters. The molecule has 1 aromatic heterocycles. The molecule has 0 aliphatic heterocycles. The lowest BCUT2D eigenvalue weighted by atomic mass is 10.3. The second kappa shape index (κ2) is 5.42. The van der Waals surface area contributed by atoms with Gasteiger partial charge in [-0.05, 0) is 18.7 Å². The molecule has 2 rings (SSSR count). The first-order valence-corrected chi connectivity index (χ1v) is 5.71. The number of para-hydroxylation sites is 2. The van der Waals surface area contributed by atoms with Gasteiger partial charge in [0.05, 0.1) is 10.6 Å². The molecule has 0 aliphatic carbocycles. The van der Waals surface area contributed by atoms with Crippen LogP contribution in [0.25, 0.3) is 5.69 Å². The molecule has 0 fully saturated rings. The molecule has 18 heavy (non-hydrogen) atoms. The monoisotopic (exact) mass is 246 g/mol. The highest BCUT2D eigenvalue weighted by Crippen LogP contribution is 2.21. The Morgan fingerprint density at radius 1 is 1.39 bits per heavy atom. The zero-order valence-corrected chi connectivity index (χ0v) is 10.0. The standard InChI is InChI=1S/C12H14N4O2/c1-2-13-9-10-7-8-15(14-10)11-5-3-4-6-12(11)16(17)18/h3-8,13H,2,9H2,1H3. The van der Waals surface area contributed by atoms with Gasteiger partial charge in [-0.1, -0.05) is 19.1 Å². The zero-order valence-electron chi connectivity index (χ0n) is 10.0. The Labute approximate surface area is 104 Å². The number of rotatable bonds is 5. The van der Waals surface area contributed by atoms with Crippen LogP contribution in [-0.4, -0.2) is 21.2 Å². The third-order valence-corrected chi connectivity index (χ3v) is 2.53. The molecule has 1 N–H and O–H groups in total. The first kappa shape index (κ1) is 12.3. The summed E-state index contributed by atoms with van der Waals surface area (Å²) in [5.41, 5.74) is 1.39. The maximum absolute atomic E-state index is 10.9. The summed E-state index contributed by atoms with van der Waals surface area (Å²) in [5, 5.41) is 18.4. The van der Waals surface area contributed by atoms with Crippen LogP contribution in [0.1, 0.15) is 12.6 Å². The van der Waals surface area contributed by atoms with Gasteiger partial charge in [-0.25, -0.2) is 4.68 Å². The first-order valence-electron chi connectivity index (χ1n) is 5.71. The first-order chi connectivity index (χ1) is 8.72. The zero-order chi connectivity index (χ0) is 13.0. The van der Waals surface area contributed by atoms with Crippen LogP contribution in [-0.2, 0) is 6.54 Å². The van der Waals surface area contributed by atoms with Crippen LogP contribution in [0.4, 0.5) is 5.69 Å². The van der Waals surface area contributed by atoms with Crippen molar-refractivity contribution in [3.05, 3.63) is 52.3 Å². The fourth-order valence-electron chi connectivity index (χ4n) is 1.66. The van der Waals surface area contributed by atoms with Crippen molar-refractivity contribution in [2.45, 2.75) is 13.5 Å². The van der Waals surface area contributed by atoms with Crippen molar-refractivity contribution in [1.29, 1.82) is 0 Å². The number of nitrogens with one attached hydrogen (secondary N) is 1. The Morgan fingerprint density at radius 2 is 2.17 bits per heavy atom. The van der Waals surface area contributed by atoms with Gasteiger partial charge in [0, 0.05) is 18.8 Å². The van der Waals surface area contributed by atoms with Gasteiger partial charge in [0.1, 0.15) is 5.69 Å². The van der Waals surface area contributed by atoms with E-state index in [1.807, 2.05) is 13.0 Å². The van der Waals surface area contributed by atoms with Gasteiger partial charge >= 0.3 is 0 Å². The van der Waals surface area contributed by atoms with E-state index in [2.05, 4.69) is 10.4 Å². The molecule has 0 bridgehead atoms. The fourth-order valence-corrected chi connectivity index (χ4v) is 1.66. The van der Waals surface area contributed by atoms with Crippen molar-refractivity contribution in [2.75, 3.05) is 6.54 Å². The van der Waals surface area contributed by atoms with Crippen LogP contribution in [0.3, 0.4) is 0 Å². The van der Waals surface area contributed by atoms with Crippen LogP contribution >= 0.6 is 0 Å². The van der Waals surface area contributed by atoms with E-state index in [0.29, 0.717) is 12.2 Å². The van der Waals surface area contributed by atoms with Crippen molar-refractivity contribution in [2.24, 2.45) is 0 Å². The van der Waals surface area contributed by atoms with E-state index in [9.17, 15) is 10.1 Å². The summed E-state index contributed by atoms with van der Waals surface area (Å²) < 4.78 is 1.53. The molecule has 0 saturated carbocycles. The average Bonchev–Trinajstić information content (AvgIpc) is 2.85. The van der Waals surface area contributed by atoms with E-state index in [1.54, 1.807) is 24.4 Å². The molecule has 94 valence electrons. The van der Waals surface area contributed by atoms with Gasteiger partial charge in [0.15, 0.2) is 0 Å². The molecule has 0 aliphatic rings. The summed E-state index contributed by atoms with van der Waals surface area (Å²) in [5.74, 6) is 0. The van der Waals surface area contributed by atoms with E-state index in [4.69, 9.17) is 0 Å². The molecule has 0 amide bonds. The smallest absolute Gasteiger partial charge is 0.294 e. The summed E-state index contributed by atoms with van der Waals surface area (Å²) in [6.45, 7) is 3.53. The number of hydrogen-bond acceptors (Lipinski definition) is 4. The van der Waals surface area contributed by atoms with Crippen molar-refractivity contribution >= 4 is 5.69 Å². The van der Waals surface area contributed by atoms with Gasteiger partial charge in [-0.2, -0.15) is 5.10 Å². The molecular weight excluding hydrogens is 232 g/mol. The van der Waals surface area contributed by atoms with Crippen LogP contribution in [0.15, 0.2) is 36.5 Å². The quantitative estimate of drug-likeness (QED) is 0.646. The van der Waals surface area contributed by atoms with Gasteiger partial charge in [-0.15, -0.1) is 0 Å². The van der Waals surface area contributed by atoms with Crippen LogP contribution < -0.4 is 5.32 Å². The second-order valence-electron chi connectivity index (χ2n) is 3.78. The molecule has 0 atom stereocenters. The lowest BCUT2D eigenvalue weighted by Gasteiger charge is -2.02. The van der Waals surface area contributed by atoms with Gasteiger partial charge in [-0.3, -0.25) is 10.1 Å². The highest BCUT2D eigenvalue weighted by atomic mass is 16.6. The van der Waals surface area contributed by atoms with Crippen molar-refractivity contribution in [1.82, 2.24) is 15.1 Å². The predicted molar refractivity (Wildman–Crippen MR) is 67.6 cm³/mol. The van der Waals surface area contributed by atoms with Gasteiger partial charge in [0.2, 0.25) is 0 Å². The normalized spacial score (nSPS) is 10.5. The minimum absolute atomic E-state index is 0.0515. The molecule has 0 spiro atoms. The number of nitro benzene ring substituents is 1. The highest BCUT2D eigenvalue weighted by Gasteiger charge is 2.14. The summed E-state index contributed by atoms with van der Waals surface area (Å²) in [6.07, 6.45) is 1.73. The Balaban J connectivity index is 2.31. The summed E-state index contributed by atoms with van der Waals surface area (Å²) in [7, 11) is 0. The van der Waals surface area contributed by atoms with E-state index in [1.165, 1.54) is 10.7 Å². The summed E-state index contributed by atoms with van der Waals surface area (Å²) in [4.78, 5) is 10.5. The lowest BCUT2D eigenvalue weighted by Crippen LogP contribution is -2.12. The van der Waals surface area contributed by atoms with Crippen molar-refractivity contribution in [3.8, 4) is 5.69 Å². The maximum Gasteiger partial charge on any atom is 0.294 e. The Bertz CT molecular complexity index is 551. The fraction of sp³-hybridized carbons (Fsp3) is 0.250.